The fourth-order valence-electron chi connectivity index (χ4n) is 3.54. The van der Waals surface area contributed by atoms with Gasteiger partial charge in [0.25, 0.3) is 5.91 Å². The van der Waals surface area contributed by atoms with Gasteiger partial charge < -0.3 is 15.0 Å². The van der Waals surface area contributed by atoms with Crippen LogP contribution in [0.5, 0.6) is 0 Å². The molecule has 2 aliphatic rings. The van der Waals surface area contributed by atoms with Crippen LogP contribution in [0, 0.1) is 5.92 Å². The quantitative estimate of drug-likeness (QED) is 0.818. The average molecular weight is 399 g/mol. The van der Waals surface area contributed by atoms with Crippen molar-refractivity contribution in [3.63, 3.8) is 0 Å². The number of carbonyl (C=O) groups is 2. The van der Waals surface area contributed by atoms with Gasteiger partial charge in [0.05, 0.1) is 25.3 Å². The standard InChI is InChI=1S/C19H24F3N3O3/c20-19(21,22)16-3-1-15(2-4-16)18(27)23-11-17(26)25-6-5-14(13-25)12-24-7-9-28-10-8-24/h1-4,14H,5-13H2,(H,23,27). The van der Waals surface area contributed by atoms with Crippen LogP contribution in [0.15, 0.2) is 24.3 Å². The van der Waals surface area contributed by atoms with Crippen LogP contribution in [0.1, 0.15) is 22.3 Å². The van der Waals surface area contributed by atoms with E-state index in [2.05, 4.69) is 10.2 Å². The van der Waals surface area contributed by atoms with E-state index in [1.165, 1.54) is 0 Å². The molecule has 1 N–H and O–H groups in total. The molecule has 2 fully saturated rings. The number of nitrogens with one attached hydrogen (secondary N) is 1. The molecule has 0 radical (unpaired) electrons. The van der Waals surface area contributed by atoms with E-state index in [0.29, 0.717) is 19.0 Å². The molecule has 2 heterocycles. The average Bonchev–Trinajstić information content (AvgIpc) is 3.14. The normalized spacial score (nSPS) is 21.0. The van der Waals surface area contributed by atoms with Gasteiger partial charge in [-0.25, -0.2) is 0 Å². The van der Waals surface area contributed by atoms with Crippen LogP contribution < -0.4 is 5.32 Å². The van der Waals surface area contributed by atoms with E-state index in [1.54, 1.807) is 4.90 Å². The lowest BCUT2D eigenvalue weighted by molar-refractivity contribution is -0.137. The van der Waals surface area contributed by atoms with Gasteiger partial charge in [0.2, 0.25) is 5.91 Å². The summed E-state index contributed by atoms with van der Waals surface area (Å²) in [5.41, 5.74) is -0.726. The Morgan fingerprint density at radius 2 is 1.79 bits per heavy atom. The first kappa shape index (κ1) is 20.6. The summed E-state index contributed by atoms with van der Waals surface area (Å²) in [6.45, 7) is 5.39. The second kappa shape index (κ2) is 8.91. The molecule has 0 aliphatic carbocycles. The number of alkyl halides is 3. The molecule has 1 aromatic carbocycles. The first-order valence-electron chi connectivity index (χ1n) is 9.36. The van der Waals surface area contributed by atoms with E-state index in [1.807, 2.05) is 0 Å². The summed E-state index contributed by atoms with van der Waals surface area (Å²) in [4.78, 5) is 28.5. The number of benzene rings is 1. The van der Waals surface area contributed by atoms with Gasteiger partial charge in [-0.2, -0.15) is 13.2 Å². The maximum atomic E-state index is 12.6. The molecule has 0 aromatic heterocycles. The first-order chi connectivity index (χ1) is 13.3. The molecule has 154 valence electrons. The second-order valence-electron chi connectivity index (χ2n) is 7.17. The number of amides is 2. The molecule has 6 nitrogen and oxygen atoms in total. The Morgan fingerprint density at radius 3 is 2.43 bits per heavy atom. The van der Waals surface area contributed by atoms with E-state index in [4.69, 9.17) is 4.74 Å². The fraction of sp³-hybridized carbons (Fsp3) is 0.579. The van der Waals surface area contributed by atoms with Crippen molar-refractivity contribution in [3.05, 3.63) is 35.4 Å². The molecule has 0 bridgehead atoms. The first-order valence-corrected chi connectivity index (χ1v) is 9.36. The third kappa shape index (κ3) is 5.45. The van der Waals surface area contributed by atoms with Crippen molar-refractivity contribution in [3.8, 4) is 0 Å². The minimum absolute atomic E-state index is 0.0902. The van der Waals surface area contributed by atoms with E-state index in [9.17, 15) is 22.8 Å². The maximum absolute atomic E-state index is 12.6. The monoisotopic (exact) mass is 399 g/mol. The van der Waals surface area contributed by atoms with E-state index < -0.39 is 17.6 Å². The zero-order valence-corrected chi connectivity index (χ0v) is 15.5. The van der Waals surface area contributed by atoms with Crippen LogP contribution in [0.25, 0.3) is 0 Å². The number of halogens is 3. The van der Waals surface area contributed by atoms with Crippen molar-refractivity contribution < 1.29 is 27.5 Å². The number of carbonyl (C=O) groups excluding carboxylic acids is 2. The molecule has 2 amide bonds. The van der Waals surface area contributed by atoms with Gasteiger partial charge >= 0.3 is 6.18 Å². The summed E-state index contributed by atoms with van der Waals surface area (Å²) in [5.74, 6) is -0.330. The Morgan fingerprint density at radius 1 is 1.11 bits per heavy atom. The Balaban J connectivity index is 1.43. The minimum Gasteiger partial charge on any atom is -0.379 e. The van der Waals surface area contributed by atoms with Crippen molar-refractivity contribution >= 4 is 11.8 Å². The van der Waals surface area contributed by atoms with Crippen LogP contribution in [0.2, 0.25) is 0 Å². The van der Waals surface area contributed by atoms with Crippen molar-refractivity contribution in [1.29, 1.82) is 0 Å². The molecule has 3 rings (SSSR count). The van der Waals surface area contributed by atoms with Crippen molar-refractivity contribution in [2.24, 2.45) is 5.92 Å². The third-order valence-corrected chi connectivity index (χ3v) is 5.13. The van der Waals surface area contributed by atoms with Crippen molar-refractivity contribution in [2.75, 3.05) is 52.5 Å². The Labute approximate surface area is 161 Å². The lowest BCUT2D eigenvalue weighted by atomic mass is 10.1. The molecule has 1 unspecified atom stereocenters. The number of hydrogen-bond acceptors (Lipinski definition) is 4. The zero-order chi connectivity index (χ0) is 20.1. The molecular weight excluding hydrogens is 375 g/mol. The Hall–Kier alpha value is -2.13. The van der Waals surface area contributed by atoms with Crippen LogP contribution in [-0.2, 0) is 15.7 Å². The highest BCUT2D eigenvalue weighted by Gasteiger charge is 2.30. The highest BCUT2D eigenvalue weighted by molar-refractivity contribution is 5.96. The van der Waals surface area contributed by atoms with Gasteiger partial charge in [0.1, 0.15) is 0 Å². The second-order valence-corrected chi connectivity index (χ2v) is 7.17. The van der Waals surface area contributed by atoms with Crippen LogP contribution in [-0.4, -0.2) is 74.1 Å². The van der Waals surface area contributed by atoms with Gasteiger partial charge in [-0.1, -0.05) is 0 Å². The van der Waals surface area contributed by atoms with Gasteiger partial charge in [0.15, 0.2) is 0 Å². The highest BCUT2D eigenvalue weighted by atomic mass is 19.4. The predicted molar refractivity (Wildman–Crippen MR) is 95.7 cm³/mol. The molecule has 9 heteroatoms. The third-order valence-electron chi connectivity index (χ3n) is 5.13. The fourth-order valence-corrected chi connectivity index (χ4v) is 3.54. The molecule has 1 aromatic rings. The molecule has 0 saturated carbocycles. The highest BCUT2D eigenvalue weighted by Crippen LogP contribution is 2.29. The van der Waals surface area contributed by atoms with Gasteiger partial charge in [-0.3, -0.25) is 14.5 Å². The Bertz CT molecular complexity index is 688. The minimum atomic E-state index is -4.45. The van der Waals surface area contributed by atoms with Gasteiger partial charge in [-0.15, -0.1) is 0 Å². The number of likely N-dealkylation sites (tertiary alicyclic amines) is 1. The SMILES string of the molecule is O=C(NCC(=O)N1CCC(CN2CCOCC2)C1)c1ccc(C(F)(F)F)cc1. The van der Waals surface area contributed by atoms with E-state index in [-0.39, 0.29) is 18.0 Å². The summed E-state index contributed by atoms with van der Waals surface area (Å²) in [6, 6.07) is 3.93. The molecule has 2 saturated heterocycles. The molecule has 0 spiro atoms. The number of rotatable bonds is 5. The maximum Gasteiger partial charge on any atom is 0.416 e. The van der Waals surface area contributed by atoms with Gasteiger partial charge in [-0.05, 0) is 36.6 Å². The van der Waals surface area contributed by atoms with Gasteiger partial charge in [0, 0.05) is 38.3 Å². The predicted octanol–water partition coefficient (Wildman–Crippen LogP) is 1.62. The van der Waals surface area contributed by atoms with Crippen LogP contribution in [0.3, 0.4) is 0 Å². The molecule has 28 heavy (non-hydrogen) atoms. The summed E-state index contributed by atoms with van der Waals surface area (Å²) < 4.78 is 43.0. The van der Waals surface area contributed by atoms with Crippen molar-refractivity contribution in [1.82, 2.24) is 15.1 Å². The van der Waals surface area contributed by atoms with E-state index >= 15 is 0 Å². The summed E-state index contributed by atoms with van der Waals surface area (Å²) in [6.07, 6.45) is -3.52. The number of morpholine rings is 1. The lowest BCUT2D eigenvalue weighted by Crippen LogP contribution is -2.41. The van der Waals surface area contributed by atoms with Crippen LogP contribution in [0.4, 0.5) is 13.2 Å². The number of ether oxygens (including phenoxy) is 1. The number of hydrogen-bond donors (Lipinski definition) is 1. The van der Waals surface area contributed by atoms with Crippen LogP contribution >= 0.6 is 0 Å². The summed E-state index contributed by atoms with van der Waals surface area (Å²) >= 11 is 0. The summed E-state index contributed by atoms with van der Waals surface area (Å²) in [7, 11) is 0. The number of nitrogens with zero attached hydrogens (tertiary/aromatic N) is 2. The smallest absolute Gasteiger partial charge is 0.379 e. The molecular formula is C19H24F3N3O3. The topological polar surface area (TPSA) is 61.9 Å². The lowest BCUT2D eigenvalue weighted by Gasteiger charge is -2.29. The largest absolute Gasteiger partial charge is 0.416 e. The van der Waals surface area contributed by atoms with Crippen molar-refractivity contribution in [2.45, 2.75) is 12.6 Å². The van der Waals surface area contributed by atoms with E-state index in [0.717, 1.165) is 63.5 Å². The molecule has 2 aliphatic heterocycles. The molecule has 1 atom stereocenters. The zero-order valence-electron chi connectivity index (χ0n) is 15.5. The summed E-state index contributed by atoms with van der Waals surface area (Å²) in [5, 5.41) is 2.49. The Kier molecular flexibility index (Phi) is 6.56.